The Balaban J connectivity index is 1.40. The first-order valence-corrected chi connectivity index (χ1v) is 14.1. The standard InChI is InChI=1S/C39H25N3/c1-2-12-28(13-3-1)35-24-31-16-8-9-17-32(31)25-36(35)39-41-37(33-20-18-26-10-4-6-14-29(26)22-33)40-38(42-39)34-21-19-27-11-5-7-15-30(27)23-34/h1-25H. The van der Waals surface area contributed by atoms with Crippen LogP contribution in [0.2, 0.25) is 0 Å². The zero-order valence-corrected chi connectivity index (χ0v) is 22.8. The second-order valence-corrected chi connectivity index (χ2v) is 10.5. The van der Waals surface area contributed by atoms with Crippen LogP contribution in [-0.4, -0.2) is 15.0 Å². The minimum absolute atomic E-state index is 0.654. The fraction of sp³-hybridized carbons (Fsp3) is 0. The topological polar surface area (TPSA) is 38.7 Å². The number of nitrogens with zero attached hydrogens (tertiary/aromatic N) is 3. The monoisotopic (exact) mass is 535 g/mol. The van der Waals surface area contributed by atoms with Crippen molar-refractivity contribution in [1.29, 1.82) is 0 Å². The van der Waals surface area contributed by atoms with E-state index in [0.717, 1.165) is 44.0 Å². The van der Waals surface area contributed by atoms with Crippen LogP contribution in [0.5, 0.6) is 0 Å². The zero-order chi connectivity index (χ0) is 27.9. The molecule has 0 atom stereocenters. The predicted octanol–water partition coefficient (Wildman–Crippen LogP) is 10.00. The Morgan fingerprint density at radius 2 is 0.667 bits per heavy atom. The first kappa shape index (κ1) is 24.2. The van der Waals surface area contributed by atoms with E-state index in [2.05, 4.69) is 146 Å². The van der Waals surface area contributed by atoms with E-state index in [-0.39, 0.29) is 0 Å². The van der Waals surface area contributed by atoms with Crippen molar-refractivity contribution in [3.8, 4) is 45.3 Å². The molecule has 0 saturated carbocycles. The predicted molar refractivity (Wildman–Crippen MR) is 174 cm³/mol. The molecule has 3 heteroatoms. The summed E-state index contributed by atoms with van der Waals surface area (Å²) in [5.41, 5.74) is 5.11. The van der Waals surface area contributed by atoms with E-state index in [1.165, 1.54) is 16.2 Å². The molecule has 0 spiro atoms. The summed E-state index contributed by atoms with van der Waals surface area (Å²) >= 11 is 0. The summed E-state index contributed by atoms with van der Waals surface area (Å²) in [6.45, 7) is 0. The highest BCUT2D eigenvalue weighted by Gasteiger charge is 2.17. The first-order valence-electron chi connectivity index (χ1n) is 14.1. The summed E-state index contributed by atoms with van der Waals surface area (Å²) in [6.07, 6.45) is 0. The number of hydrogen-bond acceptors (Lipinski definition) is 3. The number of aromatic nitrogens is 3. The van der Waals surface area contributed by atoms with Gasteiger partial charge in [-0.25, -0.2) is 15.0 Å². The SMILES string of the molecule is c1ccc(-c2cc3ccccc3cc2-c2nc(-c3ccc4ccccc4c3)nc(-c3ccc4ccccc4c3)n2)cc1. The molecule has 7 aromatic carbocycles. The van der Waals surface area contributed by atoms with Gasteiger partial charge in [0.15, 0.2) is 17.5 Å². The Labute approximate surface area is 243 Å². The fourth-order valence-corrected chi connectivity index (χ4v) is 5.69. The van der Waals surface area contributed by atoms with Crippen LogP contribution < -0.4 is 0 Å². The Bertz CT molecular complexity index is 2160. The maximum atomic E-state index is 5.14. The van der Waals surface area contributed by atoms with Gasteiger partial charge in [0.2, 0.25) is 0 Å². The number of benzene rings is 7. The molecule has 196 valence electrons. The van der Waals surface area contributed by atoms with E-state index in [0.29, 0.717) is 17.5 Å². The molecule has 3 nitrogen and oxygen atoms in total. The molecule has 0 aliphatic rings. The van der Waals surface area contributed by atoms with E-state index in [1.807, 2.05) is 6.07 Å². The van der Waals surface area contributed by atoms with E-state index in [1.54, 1.807) is 0 Å². The van der Waals surface area contributed by atoms with Crippen molar-refractivity contribution >= 4 is 32.3 Å². The molecule has 0 saturated heterocycles. The molecule has 0 aliphatic heterocycles. The maximum absolute atomic E-state index is 5.14. The minimum Gasteiger partial charge on any atom is -0.208 e. The molecule has 0 N–H and O–H groups in total. The van der Waals surface area contributed by atoms with Gasteiger partial charge in [0.1, 0.15) is 0 Å². The van der Waals surface area contributed by atoms with Crippen molar-refractivity contribution in [3.05, 3.63) is 152 Å². The lowest BCUT2D eigenvalue weighted by Gasteiger charge is -2.14. The minimum atomic E-state index is 0.654. The lowest BCUT2D eigenvalue weighted by Crippen LogP contribution is -2.01. The first-order chi connectivity index (χ1) is 20.8. The summed E-state index contributed by atoms with van der Waals surface area (Å²) < 4.78 is 0. The Morgan fingerprint density at radius 1 is 0.262 bits per heavy atom. The van der Waals surface area contributed by atoms with Gasteiger partial charge in [-0.3, -0.25) is 0 Å². The third kappa shape index (κ3) is 4.38. The average molecular weight is 536 g/mol. The van der Waals surface area contributed by atoms with Crippen LogP contribution in [0.25, 0.3) is 77.6 Å². The van der Waals surface area contributed by atoms with Crippen molar-refractivity contribution in [2.75, 3.05) is 0 Å². The Morgan fingerprint density at radius 3 is 1.19 bits per heavy atom. The van der Waals surface area contributed by atoms with Gasteiger partial charge in [0.25, 0.3) is 0 Å². The van der Waals surface area contributed by atoms with Crippen LogP contribution in [0.1, 0.15) is 0 Å². The van der Waals surface area contributed by atoms with Crippen LogP contribution >= 0.6 is 0 Å². The molecule has 42 heavy (non-hydrogen) atoms. The summed E-state index contributed by atoms with van der Waals surface area (Å²) in [5.74, 6) is 1.96. The molecule has 1 aromatic heterocycles. The molecule has 1 heterocycles. The van der Waals surface area contributed by atoms with Gasteiger partial charge >= 0.3 is 0 Å². The molecule has 0 bridgehead atoms. The van der Waals surface area contributed by atoms with Crippen molar-refractivity contribution in [2.45, 2.75) is 0 Å². The lowest BCUT2D eigenvalue weighted by molar-refractivity contribution is 1.08. The van der Waals surface area contributed by atoms with Gasteiger partial charge in [0.05, 0.1) is 0 Å². The second-order valence-electron chi connectivity index (χ2n) is 10.5. The molecule has 0 radical (unpaired) electrons. The van der Waals surface area contributed by atoms with Crippen LogP contribution in [0.4, 0.5) is 0 Å². The summed E-state index contributed by atoms with van der Waals surface area (Å²) in [6, 6.07) is 52.9. The number of hydrogen-bond donors (Lipinski definition) is 0. The number of fused-ring (bicyclic) bond motifs is 3. The van der Waals surface area contributed by atoms with Gasteiger partial charge in [-0.05, 0) is 67.7 Å². The zero-order valence-electron chi connectivity index (χ0n) is 22.8. The Hall–Kier alpha value is -5.67. The van der Waals surface area contributed by atoms with Gasteiger partial charge in [-0.1, -0.05) is 127 Å². The molecule has 0 fully saturated rings. The Kier molecular flexibility index (Phi) is 5.79. The number of rotatable bonds is 4. The van der Waals surface area contributed by atoms with E-state index in [9.17, 15) is 0 Å². The van der Waals surface area contributed by atoms with Crippen molar-refractivity contribution in [3.63, 3.8) is 0 Å². The molecule has 0 unspecified atom stereocenters. The van der Waals surface area contributed by atoms with Gasteiger partial charge in [-0.15, -0.1) is 0 Å². The highest BCUT2D eigenvalue weighted by molar-refractivity contribution is 5.96. The van der Waals surface area contributed by atoms with Crippen molar-refractivity contribution < 1.29 is 0 Å². The van der Waals surface area contributed by atoms with E-state index >= 15 is 0 Å². The maximum Gasteiger partial charge on any atom is 0.164 e. The second kappa shape index (κ2) is 10.1. The van der Waals surface area contributed by atoms with E-state index < -0.39 is 0 Å². The normalized spacial score (nSPS) is 11.3. The molecule has 0 aliphatic carbocycles. The largest absolute Gasteiger partial charge is 0.208 e. The van der Waals surface area contributed by atoms with Crippen molar-refractivity contribution in [2.24, 2.45) is 0 Å². The van der Waals surface area contributed by atoms with Gasteiger partial charge < -0.3 is 0 Å². The highest BCUT2D eigenvalue weighted by Crippen LogP contribution is 2.36. The molecular formula is C39H25N3. The smallest absolute Gasteiger partial charge is 0.164 e. The van der Waals surface area contributed by atoms with Crippen molar-refractivity contribution in [1.82, 2.24) is 15.0 Å². The average Bonchev–Trinajstić information content (AvgIpc) is 3.07. The fourth-order valence-electron chi connectivity index (χ4n) is 5.69. The third-order valence-electron chi connectivity index (χ3n) is 7.86. The summed E-state index contributed by atoms with van der Waals surface area (Å²) in [7, 11) is 0. The van der Waals surface area contributed by atoms with Gasteiger partial charge in [0, 0.05) is 16.7 Å². The summed E-state index contributed by atoms with van der Waals surface area (Å²) in [5, 5.41) is 7.00. The van der Waals surface area contributed by atoms with Crippen LogP contribution in [0.3, 0.4) is 0 Å². The van der Waals surface area contributed by atoms with Gasteiger partial charge in [-0.2, -0.15) is 0 Å². The highest BCUT2D eigenvalue weighted by atomic mass is 15.0. The van der Waals surface area contributed by atoms with Crippen LogP contribution in [-0.2, 0) is 0 Å². The third-order valence-corrected chi connectivity index (χ3v) is 7.86. The molecule has 0 amide bonds. The van der Waals surface area contributed by atoms with Crippen LogP contribution in [0.15, 0.2) is 152 Å². The molecule has 8 rings (SSSR count). The molecular weight excluding hydrogens is 510 g/mol. The van der Waals surface area contributed by atoms with Crippen LogP contribution in [0, 0.1) is 0 Å². The lowest BCUT2D eigenvalue weighted by atomic mass is 9.95. The van der Waals surface area contributed by atoms with E-state index in [4.69, 9.17) is 15.0 Å². The quantitative estimate of drug-likeness (QED) is 0.225. The molecule has 8 aromatic rings. The summed E-state index contributed by atoms with van der Waals surface area (Å²) in [4.78, 5) is 15.3.